The van der Waals surface area contributed by atoms with Crippen LogP contribution in [0.25, 0.3) is 10.8 Å². The number of nitrogens with zero attached hydrogens (tertiary/aromatic N) is 2. The number of hydrogen-bond donors (Lipinski definition) is 0. The number of fused-ring (bicyclic) bond motifs is 1. The molecular formula is C21H30N2O2S. The predicted molar refractivity (Wildman–Crippen MR) is 108 cm³/mol. The molecule has 1 saturated heterocycles. The van der Waals surface area contributed by atoms with E-state index in [0.717, 1.165) is 42.7 Å². The van der Waals surface area contributed by atoms with Gasteiger partial charge in [-0.15, -0.1) is 0 Å². The fourth-order valence-corrected chi connectivity index (χ4v) is 5.46. The van der Waals surface area contributed by atoms with E-state index in [2.05, 4.69) is 11.8 Å². The number of sulfonamides is 1. The summed E-state index contributed by atoms with van der Waals surface area (Å²) in [6.07, 6.45) is 3.41. The molecule has 0 bridgehead atoms. The Bertz CT molecular complexity index is 845. The number of benzene rings is 2. The lowest BCUT2D eigenvalue weighted by atomic mass is 10.00. The first kappa shape index (κ1) is 19.3. The average Bonchev–Trinajstić information content (AvgIpc) is 2.65. The highest BCUT2D eigenvalue weighted by molar-refractivity contribution is 7.89. The largest absolute Gasteiger partial charge is 0.303 e. The van der Waals surface area contributed by atoms with Crippen molar-refractivity contribution >= 4 is 20.8 Å². The molecule has 0 saturated carbocycles. The molecule has 0 N–H and O–H groups in total. The third-order valence-corrected chi connectivity index (χ3v) is 7.66. The summed E-state index contributed by atoms with van der Waals surface area (Å²) in [5, 5.41) is 1.75. The Labute approximate surface area is 157 Å². The van der Waals surface area contributed by atoms with Crippen LogP contribution in [-0.2, 0) is 10.0 Å². The molecule has 0 unspecified atom stereocenters. The fourth-order valence-electron chi connectivity index (χ4n) is 3.85. The molecule has 2 atom stereocenters. The first-order valence-electron chi connectivity index (χ1n) is 9.57. The predicted octanol–water partition coefficient (Wildman–Crippen LogP) is 3.97. The van der Waals surface area contributed by atoms with E-state index in [-0.39, 0.29) is 6.04 Å². The molecule has 3 rings (SSSR count). The van der Waals surface area contributed by atoms with Gasteiger partial charge in [0, 0.05) is 25.0 Å². The molecule has 0 spiro atoms. The minimum atomic E-state index is -3.51. The molecule has 142 valence electrons. The van der Waals surface area contributed by atoms with Gasteiger partial charge >= 0.3 is 0 Å². The summed E-state index contributed by atoms with van der Waals surface area (Å²) in [4.78, 5) is 2.87. The molecule has 4 nitrogen and oxygen atoms in total. The highest BCUT2D eigenvalue weighted by atomic mass is 32.2. The lowest BCUT2D eigenvalue weighted by Gasteiger charge is -2.33. The van der Waals surface area contributed by atoms with Crippen LogP contribution in [0.3, 0.4) is 0 Å². The molecule has 5 heteroatoms. The van der Waals surface area contributed by atoms with Gasteiger partial charge in [-0.25, -0.2) is 8.42 Å². The molecule has 2 aromatic rings. The summed E-state index contributed by atoms with van der Waals surface area (Å²) in [5.74, 6) is 0.746. The van der Waals surface area contributed by atoms with Gasteiger partial charge in [0.2, 0.25) is 10.0 Å². The van der Waals surface area contributed by atoms with Crippen LogP contribution >= 0.6 is 0 Å². The van der Waals surface area contributed by atoms with E-state index in [4.69, 9.17) is 0 Å². The van der Waals surface area contributed by atoms with Crippen molar-refractivity contribution < 1.29 is 8.42 Å². The Hall–Kier alpha value is -1.43. The Kier molecular flexibility index (Phi) is 6.00. The topological polar surface area (TPSA) is 40.6 Å². The third kappa shape index (κ3) is 4.11. The highest BCUT2D eigenvalue weighted by Gasteiger charge is 2.27. The third-order valence-electron chi connectivity index (χ3n) is 5.63. The van der Waals surface area contributed by atoms with Gasteiger partial charge in [0.05, 0.1) is 4.90 Å². The van der Waals surface area contributed by atoms with Gasteiger partial charge in [-0.05, 0) is 56.6 Å². The molecule has 2 aromatic carbocycles. The first-order valence-corrected chi connectivity index (χ1v) is 11.0. The van der Waals surface area contributed by atoms with Crippen LogP contribution < -0.4 is 0 Å². The summed E-state index contributed by atoms with van der Waals surface area (Å²) in [6, 6.07) is 13.1. The fraction of sp³-hybridized carbons (Fsp3) is 0.524. The maximum atomic E-state index is 13.2. The normalized spacial score (nSPS) is 20.5. The minimum absolute atomic E-state index is 0.0313. The van der Waals surface area contributed by atoms with E-state index in [1.54, 1.807) is 17.4 Å². The van der Waals surface area contributed by atoms with Gasteiger partial charge in [0.1, 0.15) is 0 Å². The van der Waals surface area contributed by atoms with Crippen molar-refractivity contribution in [1.82, 2.24) is 9.21 Å². The monoisotopic (exact) mass is 374 g/mol. The minimum Gasteiger partial charge on any atom is -0.303 e. The van der Waals surface area contributed by atoms with Crippen molar-refractivity contribution in [3.63, 3.8) is 0 Å². The van der Waals surface area contributed by atoms with Gasteiger partial charge in [-0.1, -0.05) is 43.3 Å². The molecule has 26 heavy (non-hydrogen) atoms. The smallest absolute Gasteiger partial charge is 0.243 e. The van der Waals surface area contributed by atoms with Crippen molar-refractivity contribution in [1.29, 1.82) is 0 Å². The van der Waals surface area contributed by atoms with Gasteiger partial charge in [-0.3, -0.25) is 0 Å². The van der Waals surface area contributed by atoms with Crippen molar-refractivity contribution in [2.45, 2.75) is 44.0 Å². The molecule has 0 radical (unpaired) electrons. The molecule has 0 aliphatic carbocycles. The zero-order valence-electron chi connectivity index (χ0n) is 16.1. The standard InChI is InChI=1S/C21H30N2O2S/c1-17-8-7-14-23(16-17)15-13-18(2)22(3)26(24,25)21-12-6-10-19-9-4-5-11-20(19)21/h4-6,9-12,17-18H,7-8,13-16H2,1-3H3/t17-,18+/m0/s1. The summed E-state index contributed by atoms with van der Waals surface area (Å²) >= 11 is 0. The Balaban J connectivity index is 1.73. The number of likely N-dealkylation sites (tertiary alicyclic amines) is 1. The second-order valence-electron chi connectivity index (χ2n) is 7.68. The maximum absolute atomic E-state index is 13.2. The second-order valence-corrected chi connectivity index (χ2v) is 9.65. The lowest BCUT2D eigenvalue weighted by molar-refractivity contribution is 0.171. The van der Waals surface area contributed by atoms with E-state index < -0.39 is 10.0 Å². The van der Waals surface area contributed by atoms with Crippen molar-refractivity contribution in [2.75, 3.05) is 26.7 Å². The van der Waals surface area contributed by atoms with E-state index in [0.29, 0.717) is 4.90 Å². The molecule has 0 amide bonds. The number of hydrogen-bond acceptors (Lipinski definition) is 3. The molecular weight excluding hydrogens is 344 g/mol. The van der Waals surface area contributed by atoms with Crippen molar-refractivity contribution in [3.8, 4) is 0 Å². The second kappa shape index (κ2) is 8.07. The van der Waals surface area contributed by atoms with E-state index in [1.165, 1.54) is 12.8 Å². The van der Waals surface area contributed by atoms with Crippen LogP contribution in [0.5, 0.6) is 0 Å². The van der Waals surface area contributed by atoms with Gasteiger partial charge in [-0.2, -0.15) is 4.31 Å². The van der Waals surface area contributed by atoms with Crippen LogP contribution in [0.1, 0.15) is 33.1 Å². The zero-order valence-corrected chi connectivity index (χ0v) is 16.9. The van der Waals surface area contributed by atoms with E-state index in [9.17, 15) is 8.42 Å². The van der Waals surface area contributed by atoms with Crippen LogP contribution in [0.15, 0.2) is 47.4 Å². The van der Waals surface area contributed by atoms with Crippen LogP contribution in [0.2, 0.25) is 0 Å². The number of piperidine rings is 1. The van der Waals surface area contributed by atoms with Crippen LogP contribution in [0.4, 0.5) is 0 Å². The van der Waals surface area contributed by atoms with Crippen LogP contribution in [-0.4, -0.2) is 50.3 Å². The van der Waals surface area contributed by atoms with Crippen molar-refractivity contribution in [2.24, 2.45) is 5.92 Å². The quantitative estimate of drug-likeness (QED) is 0.768. The molecule has 1 heterocycles. The number of rotatable bonds is 6. The highest BCUT2D eigenvalue weighted by Crippen LogP contribution is 2.26. The summed E-state index contributed by atoms with van der Waals surface area (Å²) < 4.78 is 27.9. The van der Waals surface area contributed by atoms with Gasteiger partial charge in [0.15, 0.2) is 0 Å². The lowest BCUT2D eigenvalue weighted by Crippen LogP contribution is -2.40. The summed E-state index contributed by atoms with van der Waals surface area (Å²) in [7, 11) is -1.80. The Morgan fingerprint density at radius 2 is 1.92 bits per heavy atom. The van der Waals surface area contributed by atoms with E-state index >= 15 is 0 Å². The van der Waals surface area contributed by atoms with Crippen LogP contribution in [0, 0.1) is 5.92 Å². The summed E-state index contributed by atoms with van der Waals surface area (Å²) in [5.41, 5.74) is 0. The molecule has 1 aliphatic heterocycles. The van der Waals surface area contributed by atoms with Gasteiger partial charge in [0.25, 0.3) is 0 Å². The zero-order chi connectivity index (χ0) is 18.7. The molecule has 0 aromatic heterocycles. The summed E-state index contributed by atoms with van der Waals surface area (Å²) in [6.45, 7) is 7.53. The van der Waals surface area contributed by atoms with Gasteiger partial charge < -0.3 is 4.90 Å². The Morgan fingerprint density at radius 1 is 1.19 bits per heavy atom. The average molecular weight is 375 g/mol. The molecule has 1 aliphatic rings. The Morgan fingerprint density at radius 3 is 2.69 bits per heavy atom. The molecule has 1 fully saturated rings. The first-order chi connectivity index (χ1) is 12.4. The van der Waals surface area contributed by atoms with E-state index in [1.807, 2.05) is 43.3 Å². The maximum Gasteiger partial charge on any atom is 0.243 e. The van der Waals surface area contributed by atoms with Crippen molar-refractivity contribution in [3.05, 3.63) is 42.5 Å². The SMILES string of the molecule is C[C@H]1CCCN(CC[C@@H](C)N(C)S(=O)(=O)c2cccc3ccccc23)C1.